The van der Waals surface area contributed by atoms with E-state index in [1.165, 1.54) is 31.5 Å². The lowest BCUT2D eigenvalue weighted by Crippen LogP contribution is -2.20. The lowest BCUT2D eigenvalue weighted by Gasteiger charge is -2.16. The summed E-state index contributed by atoms with van der Waals surface area (Å²) in [5, 5.41) is 0.792. The first-order chi connectivity index (χ1) is 7.69. The lowest BCUT2D eigenvalue weighted by atomic mass is 10.1. The average Bonchev–Trinajstić information content (AvgIpc) is 2.70. The molecule has 2 N–H and O–H groups in total. The molecule has 2 rings (SSSR count). The minimum Gasteiger partial charge on any atom is -0.399 e. The summed E-state index contributed by atoms with van der Waals surface area (Å²) in [6, 6.07) is 5.80. The Morgan fingerprint density at radius 3 is 2.94 bits per heavy atom. The molecular weight excluding hydrogens is 220 g/mol. The van der Waals surface area contributed by atoms with E-state index >= 15 is 0 Å². The van der Waals surface area contributed by atoms with Crippen molar-refractivity contribution in [2.24, 2.45) is 5.92 Å². The first kappa shape index (κ1) is 11.7. The van der Waals surface area contributed by atoms with Crippen molar-refractivity contribution in [3.63, 3.8) is 0 Å². The lowest BCUT2D eigenvalue weighted by molar-refractivity contribution is 0.315. The third-order valence-electron chi connectivity index (χ3n) is 3.42. The molecule has 1 aromatic rings. The number of nitrogens with zero attached hydrogens (tertiary/aromatic N) is 1. The van der Waals surface area contributed by atoms with Crippen molar-refractivity contribution in [1.82, 2.24) is 4.90 Å². The molecule has 0 aromatic heterocycles. The van der Waals surface area contributed by atoms with Crippen LogP contribution in [-0.4, -0.2) is 18.0 Å². The van der Waals surface area contributed by atoms with Gasteiger partial charge in [-0.25, -0.2) is 0 Å². The van der Waals surface area contributed by atoms with Crippen LogP contribution in [0, 0.1) is 5.92 Å². The number of nitrogens with two attached hydrogens (primary N) is 1. The van der Waals surface area contributed by atoms with Crippen LogP contribution in [0.2, 0.25) is 5.02 Å². The second-order valence-corrected chi connectivity index (χ2v) is 5.06. The topological polar surface area (TPSA) is 29.3 Å². The molecule has 3 heteroatoms. The van der Waals surface area contributed by atoms with E-state index in [1.54, 1.807) is 0 Å². The molecule has 1 aliphatic rings. The first-order valence-corrected chi connectivity index (χ1v) is 6.33. The molecule has 0 spiro atoms. The Morgan fingerprint density at radius 2 is 2.31 bits per heavy atom. The van der Waals surface area contributed by atoms with Gasteiger partial charge in [0.1, 0.15) is 0 Å². The average molecular weight is 239 g/mol. The van der Waals surface area contributed by atoms with Crippen LogP contribution in [0.15, 0.2) is 18.2 Å². The molecule has 1 heterocycles. The predicted octanol–water partition coefficient (Wildman–Crippen LogP) is 3.15. The van der Waals surface area contributed by atoms with E-state index < -0.39 is 0 Å². The zero-order chi connectivity index (χ0) is 11.5. The van der Waals surface area contributed by atoms with Gasteiger partial charge in [-0.05, 0) is 36.6 Å². The molecule has 1 atom stereocenters. The number of halogens is 1. The van der Waals surface area contributed by atoms with Gasteiger partial charge in [0, 0.05) is 23.8 Å². The van der Waals surface area contributed by atoms with E-state index in [0.29, 0.717) is 0 Å². The summed E-state index contributed by atoms with van der Waals surface area (Å²) in [5.74, 6) is 0.868. The Labute approximate surface area is 102 Å². The third-order valence-corrected chi connectivity index (χ3v) is 3.77. The van der Waals surface area contributed by atoms with Crippen LogP contribution >= 0.6 is 11.6 Å². The summed E-state index contributed by atoms with van der Waals surface area (Å²) >= 11 is 6.17. The number of hydrogen-bond donors (Lipinski definition) is 1. The number of benzene rings is 1. The highest BCUT2D eigenvalue weighted by atomic mass is 35.5. The quantitative estimate of drug-likeness (QED) is 0.820. The number of nitrogen functional groups attached to an aromatic ring is 1. The summed E-state index contributed by atoms with van der Waals surface area (Å²) in [4.78, 5) is 2.48. The van der Waals surface area contributed by atoms with Gasteiger partial charge in [0.2, 0.25) is 0 Å². The maximum absolute atomic E-state index is 6.17. The second-order valence-electron chi connectivity index (χ2n) is 4.65. The highest BCUT2D eigenvalue weighted by Crippen LogP contribution is 2.25. The SMILES string of the molecule is CCC1CCN(Cc2ccc(N)cc2Cl)C1. The fourth-order valence-corrected chi connectivity index (χ4v) is 2.57. The van der Waals surface area contributed by atoms with Gasteiger partial charge in [-0.3, -0.25) is 4.90 Å². The predicted molar refractivity (Wildman–Crippen MR) is 69.5 cm³/mol. The van der Waals surface area contributed by atoms with Crippen molar-refractivity contribution in [2.75, 3.05) is 18.8 Å². The van der Waals surface area contributed by atoms with Gasteiger partial charge in [0.15, 0.2) is 0 Å². The van der Waals surface area contributed by atoms with E-state index in [-0.39, 0.29) is 0 Å². The van der Waals surface area contributed by atoms with Crippen molar-refractivity contribution in [3.05, 3.63) is 28.8 Å². The number of rotatable bonds is 3. The van der Waals surface area contributed by atoms with Gasteiger partial charge in [-0.1, -0.05) is 31.0 Å². The van der Waals surface area contributed by atoms with E-state index in [9.17, 15) is 0 Å². The van der Waals surface area contributed by atoms with Crippen molar-refractivity contribution in [1.29, 1.82) is 0 Å². The van der Waals surface area contributed by atoms with Crippen LogP contribution in [0.4, 0.5) is 5.69 Å². The number of anilines is 1. The van der Waals surface area contributed by atoms with Crippen LogP contribution in [0.1, 0.15) is 25.3 Å². The zero-order valence-corrected chi connectivity index (χ0v) is 10.5. The fraction of sp³-hybridized carbons (Fsp3) is 0.538. The summed E-state index contributed by atoms with van der Waals surface area (Å²) in [6.07, 6.45) is 2.61. The smallest absolute Gasteiger partial charge is 0.0471 e. The molecule has 0 saturated carbocycles. The van der Waals surface area contributed by atoms with Crippen LogP contribution in [-0.2, 0) is 6.54 Å². The van der Waals surface area contributed by atoms with Gasteiger partial charge in [0.25, 0.3) is 0 Å². The molecule has 0 radical (unpaired) electrons. The standard InChI is InChI=1S/C13H19ClN2/c1-2-10-5-6-16(8-10)9-11-3-4-12(15)7-13(11)14/h3-4,7,10H,2,5-6,8-9,15H2,1H3. The van der Waals surface area contributed by atoms with Gasteiger partial charge in [0.05, 0.1) is 0 Å². The number of likely N-dealkylation sites (tertiary alicyclic amines) is 1. The molecule has 16 heavy (non-hydrogen) atoms. The monoisotopic (exact) mass is 238 g/mol. The van der Waals surface area contributed by atoms with Crippen molar-refractivity contribution in [3.8, 4) is 0 Å². The van der Waals surface area contributed by atoms with Crippen molar-refractivity contribution < 1.29 is 0 Å². The molecule has 1 fully saturated rings. The molecule has 2 nitrogen and oxygen atoms in total. The van der Waals surface area contributed by atoms with Crippen LogP contribution in [0.25, 0.3) is 0 Å². The summed E-state index contributed by atoms with van der Waals surface area (Å²) in [7, 11) is 0. The van der Waals surface area contributed by atoms with Crippen LogP contribution in [0.5, 0.6) is 0 Å². The minimum atomic E-state index is 0.738. The zero-order valence-electron chi connectivity index (χ0n) is 9.75. The maximum atomic E-state index is 6.17. The van der Waals surface area contributed by atoms with Gasteiger partial charge < -0.3 is 5.73 Å². The number of hydrogen-bond acceptors (Lipinski definition) is 2. The molecule has 1 aromatic carbocycles. The Kier molecular flexibility index (Phi) is 3.72. The normalized spacial score (nSPS) is 21.5. The van der Waals surface area contributed by atoms with E-state index in [0.717, 1.165) is 23.2 Å². The molecule has 88 valence electrons. The van der Waals surface area contributed by atoms with Crippen molar-refractivity contribution >= 4 is 17.3 Å². The Bertz CT molecular complexity index is 365. The van der Waals surface area contributed by atoms with E-state index in [2.05, 4.69) is 11.8 Å². The van der Waals surface area contributed by atoms with E-state index in [4.69, 9.17) is 17.3 Å². The molecule has 0 amide bonds. The van der Waals surface area contributed by atoms with Gasteiger partial charge in [-0.15, -0.1) is 0 Å². The van der Waals surface area contributed by atoms with Crippen molar-refractivity contribution in [2.45, 2.75) is 26.3 Å². The Morgan fingerprint density at radius 1 is 1.50 bits per heavy atom. The second kappa shape index (κ2) is 5.07. The van der Waals surface area contributed by atoms with Crippen LogP contribution in [0.3, 0.4) is 0 Å². The highest BCUT2D eigenvalue weighted by molar-refractivity contribution is 6.31. The molecule has 1 saturated heterocycles. The maximum Gasteiger partial charge on any atom is 0.0471 e. The highest BCUT2D eigenvalue weighted by Gasteiger charge is 2.21. The first-order valence-electron chi connectivity index (χ1n) is 5.95. The van der Waals surface area contributed by atoms with Crippen LogP contribution < -0.4 is 5.73 Å². The summed E-state index contributed by atoms with van der Waals surface area (Å²) in [5.41, 5.74) is 7.61. The minimum absolute atomic E-state index is 0.738. The molecule has 1 aliphatic heterocycles. The molecular formula is C13H19ClN2. The largest absolute Gasteiger partial charge is 0.399 e. The van der Waals surface area contributed by atoms with E-state index in [1.807, 2.05) is 18.2 Å². The third kappa shape index (κ3) is 2.69. The Hall–Kier alpha value is -0.730. The van der Waals surface area contributed by atoms with Gasteiger partial charge >= 0.3 is 0 Å². The molecule has 0 aliphatic carbocycles. The molecule has 0 bridgehead atoms. The molecule has 1 unspecified atom stereocenters. The summed E-state index contributed by atoms with van der Waals surface area (Å²) < 4.78 is 0. The van der Waals surface area contributed by atoms with Gasteiger partial charge in [-0.2, -0.15) is 0 Å². The fourth-order valence-electron chi connectivity index (χ4n) is 2.32. The summed E-state index contributed by atoms with van der Waals surface area (Å²) in [6.45, 7) is 5.62. The Balaban J connectivity index is 1.99.